The van der Waals surface area contributed by atoms with Gasteiger partial charge < -0.3 is 4.74 Å². The highest BCUT2D eigenvalue weighted by molar-refractivity contribution is 5.98. The van der Waals surface area contributed by atoms with Crippen LogP contribution in [0.1, 0.15) is 26.3 Å². The van der Waals surface area contributed by atoms with E-state index in [4.69, 9.17) is 4.74 Å². The van der Waals surface area contributed by atoms with Crippen molar-refractivity contribution in [2.75, 3.05) is 7.05 Å². The van der Waals surface area contributed by atoms with Crippen molar-refractivity contribution in [2.45, 2.75) is 27.4 Å². The van der Waals surface area contributed by atoms with E-state index >= 15 is 0 Å². The Morgan fingerprint density at radius 3 is 2.42 bits per heavy atom. The highest BCUT2D eigenvalue weighted by Gasteiger charge is 2.06. The Labute approximate surface area is 114 Å². The number of carbonyl (C=O) groups excluding carboxylic acids is 1. The molecule has 0 radical (unpaired) electrons. The van der Waals surface area contributed by atoms with Crippen molar-refractivity contribution < 1.29 is 9.53 Å². The van der Waals surface area contributed by atoms with Crippen LogP contribution in [0.4, 0.5) is 4.79 Å². The van der Waals surface area contributed by atoms with E-state index in [1.807, 2.05) is 51.1 Å². The third-order valence-corrected chi connectivity index (χ3v) is 2.94. The normalized spacial score (nSPS) is 12.7. The van der Waals surface area contributed by atoms with Gasteiger partial charge in [-0.05, 0) is 31.9 Å². The van der Waals surface area contributed by atoms with Crippen molar-refractivity contribution in [1.29, 1.82) is 0 Å². The minimum atomic E-state index is -0.454. The number of aliphatic imine (C=N–C) groups is 1. The number of allylic oxidation sites excluding steroid dienone is 2. The van der Waals surface area contributed by atoms with Gasteiger partial charge >= 0.3 is 6.09 Å². The van der Waals surface area contributed by atoms with E-state index in [1.54, 1.807) is 7.05 Å². The van der Waals surface area contributed by atoms with Crippen molar-refractivity contribution in [3.8, 4) is 0 Å². The molecule has 0 bridgehead atoms. The molecule has 1 aromatic rings. The molecule has 4 heteroatoms. The first-order valence-corrected chi connectivity index (χ1v) is 6.13. The fraction of sp³-hybridized carbons (Fsp3) is 0.333. The van der Waals surface area contributed by atoms with Crippen molar-refractivity contribution >= 4 is 11.8 Å². The lowest BCUT2D eigenvalue weighted by atomic mass is 10.1. The second-order valence-corrected chi connectivity index (χ2v) is 4.25. The molecule has 0 atom stereocenters. The van der Waals surface area contributed by atoms with Gasteiger partial charge in [-0.3, -0.25) is 10.3 Å². The van der Waals surface area contributed by atoms with E-state index in [0.717, 1.165) is 22.5 Å². The molecular weight excluding hydrogens is 240 g/mol. The lowest BCUT2D eigenvalue weighted by Gasteiger charge is -2.10. The highest BCUT2D eigenvalue weighted by atomic mass is 16.5. The van der Waals surface area contributed by atoms with Gasteiger partial charge in [-0.2, -0.15) is 0 Å². The minimum Gasteiger partial charge on any atom is -0.444 e. The summed E-state index contributed by atoms with van der Waals surface area (Å²) in [5.74, 6) is 0. The summed E-state index contributed by atoms with van der Waals surface area (Å²) >= 11 is 0. The molecule has 0 saturated carbocycles. The van der Waals surface area contributed by atoms with Gasteiger partial charge in [0.1, 0.15) is 6.61 Å². The smallest absolute Gasteiger partial charge is 0.411 e. The first-order valence-electron chi connectivity index (χ1n) is 6.13. The average Bonchev–Trinajstić information content (AvgIpc) is 2.44. The Hall–Kier alpha value is -2.10. The first kappa shape index (κ1) is 15.0. The fourth-order valence-corrected chi connectivity index (χ4v) is 1.45. The quantitative estimate of drug-likeness (QED) is 0.844. The van der Waals surface area contributed by atoms with Crippen LogP contribution in [0, 0.1) is 0 Å². The maximum atomic E-state index is 11.6. The van der Waals surface area contributed by atoms with Gasteiger partial charge in [-0.25, -0.2) is 4.79 Å². The summed E-state index contributed by atoms with van der Waals surface area (Å²) in [5, 5.41) is 2.70. The third kappa shape index (κ3) is 4.95. The molecule has 1 amide bonds. The number of hydrogen-bond acceptors (Lipinski definition) is 3. The Morgan fingerprint density at radius 2 is 1.84 bits per heavy atom. The summed E-state index contributed by atoms with van der Waals surface area (Å²) in [7, 11) is 1.72. The molecule has 1 N–H and O–H groups in total. The number of benzene rings is 1. The van der Waals surface area contributed by atoms with Gasteiger partial charge in [0, 0.05) is 18.5 Å². The Bertz CT molecular complexity index is 490. The zero-order valence-corrected chi connectivity index (χ0v) is 11.9. The van der Waals surface area contributed by atoms with Crippen LogP contribution in [-0.4, -0.2) is 18.9 Å². The molecular formula is C15H20N2O2. The molecule has 0 aromatic heterocycles. The van der Waals surface area contributed by atoms with Crippen molar-refractivity contribution in [2.24, 2.45) is 4.99 Å². The Morgan fingerprint density at radius 1 is 1.21 bits per heavy atom. The van der Waals surface area contributed by atoms with Crippen LogP contribution < -0.4 is 5.32 Å². The van der Waals surface area contributed by atoms with Gasteiger partial charge in [0.05, 0.1) is 0 Å². The zero-order valence-electron chi connectivity index (χ0n) is 11.9. The molecule has 0 aliphatic heterocycles. The molecule has 0 saturated heterocycles. The zero-order chi connectivity index (χ0) is 14.3. The topological polar surface area (TPSA) is 50.7 Å². The molecule has 0 unspecified atom stereocenters. The summed E-state index contributed by atoms with van der Waals surface area (Å²) in [6.45, 7) is 5.90. The maximum Gasteiger partial charge on any atom is 0.411 e. The Kier molecular flexibility index (Phi) is 5.79. The van der Waals surface area contributed by atoms with Gasteiger partial charge in [0.15, 0.2) is 0 Å². The molecule has 4 nitrogen and oxygen atoms in total. The fourth-order valence-electron chi connectivity index (χ4n) is 1.45. The van der Waals surface area contributed by atoms with Crippen molar-refractivity contribution in [1.82, 2.24) is 5.32 Å². The average molecular weight is 260 g/mol. The molecule has 19 heavy (non-hydrogen) atoms. The largest absolute Gasteiger partial charge is 0.444 e. The first-order chi connectivity index (χ1) is 9.04. The predicted octanol–water partition coefficient (Wildman–Crippen LogP) is 3.30. The van der Waals surface area contributed by atoms with Crippen molar-refractivity contribution in [3.63, 3.8) is 0 Å². The van der Waals surface area contributed by atoms with E-state index in [9.17, 15) is 4.79 Å². The maximum absolute atomic E-state index is 11.6. The number of nitrogens with one attached hydrogen (secondary N) is 1. The van der Waals surface area contributed by atoms with Crippen LogP contribution in [-0.2, 0) is 11.3 Å². The number of amides is 1. The molecule has 102 valence electrons. The monoisotopic (exact) mass is 260 g/mol. The number of carbonyl (C=O) groups is 1. The van der Waals surface area contributed by atoms with E-state index < -0.39 is 6.09 Å². The van der Waals surface area contributed by atoms with Crippen LogP contribution in [0.15, 0.2) is 46.6 Å². The van der Waals surface area contributed by atoms with Crippen LogP contribution >= 0.6 is 0 Å². The van der Waals surface area contributed by atoms with Gasteiger partial charge in [-0.15, -0.1) is 0 Å². The van der Waals surface area contributed by atoms with E-state index in [0.29, 0.717) is 0 Å². The number of alkyl carbamates (subject to hydrolysis) is 1. The summed E-state index contributed by atoms with van der Waals surface area (Å²) < 4.78 is 5.14. The summed E-state index contributed by atoms with van der Waals surface area (Å²) in [4.78, 5) is 15.7. The third-order valence-electron chi connectivity index (χ3n) is 2.94. The molecule has 1 aromatic carbocycles. The molecule has 0 spiro atoms. The summed E-state index contributed by atoms with van der Waals surface area (Å²) in [6.07, 6.45) is -0.454. The molecule has 1 rings (SSSR count). The number of nitrogens with zero attached hydrogens (tertiary/aromatic N) is 1. The van der Waals surface area contributed by atoms with Gasteiger partial charge in [-0.1, -0.05) is 30.3 Å². The lowest BCUT2D eigenvalue weighted by Crippen LogP contribution is -2.24. The molecule has 0 aliphatic rings. The van der Waals surface area contributed by atoms with Gasteiger partial charge in [0.2, 0.25) is 0 Å². The highest BCUT2D eigenvalue weighted by Crippen LogP contribution is 2.04. The van der Waals surface area contributed by atoms with Gasteiger partial charge in [0.25, 0.3) is 0 Å². The van der Waals surface area contributed by atoms with E-state index in [2.05, 4.69) is 10.3 Å². The van der Waals surface area contributed by atoms with E-state index in [-0.39, 0.29) is 6.61 Å². The number of rotatable bonds is 4. The molecule has 0 aliphatic carbocycles. The second kappa shape index (κ2) is 7.36. The van der Waals surface area contributed by atoms with Crippen LogP contribution in [0.3, 0.4) is 0 Å². The standard InChI is InChI=1S/C15H20N2O2/c1-11(12(2)16-4)13(3)17-15(18)19-10-14-8-6-5-7-9-14/h5-9H,10H2,1-4H3,(H,17,18)/b13-11-,16-12?. The lowest BCUT2D eigenvalue weighted by molar-refractivity contribution is 0.142. The van der Waals surface area contributed by atoms with Crippen LogP contribution in [0.25, 0.3) is 0 Å². The minimum absolute atomic E-state index is 0.264. The SMILES string of the molecule is CN=C(C)/C(C)=C(/C)NC(=O)OCc1ccccc1. The summed E-state index contributed by atoms with van der Waals surface area (Å²) in [5.41, 5.74) is 3.54. The predicted molar refractivity (Wildman–Crippen MR) is 77.2 cm³/mol. The van der Waals surface area contributed by atoms with Crippen LogP contribution in [0.5, 0.6) is 0 Å². The second-order valence-electron chi connectivity index (χ2n) is 4.25. The number of hydrogen-bond donors (Lipinski definition) is 1. The Balaban J connectivity index is 2.52. The number of ether oxygens (including phenoxy) is 1. The summed E-state index contributed by atoms with van der Waals surface area (Å²) in [6, 6.07) is 9.57. The van der Waals surface area contributed by atoms with E-state index in [1.165, 1.54) is 0 Å². The molecule has 0 fully saturated rings. The molecule has 0 heterocycles. The van der Waals surface area contributed by atoms with Crippen molar-refractivity contribution in [3.05, 3.63) is 47.2 Å². The van der Waals surface area contributed by atoms with Crippen LogP contribution in [0.2, 0.25) is 0 Å².